The van der Waals surface area contributed by atoms with Crippen molar-refractivity contribution in [3.8, 4) is 22.4 Å². The fraction of sp³-hybridized carbons (Fsp3) is 0.233. The van der Waals surface area contributed by atoms with E-state index in [2.05, 4.69) is 0 Å². The van der Waals surface area contributed by atoms with Crippen LogP contribution in [0.25, 0.3) is 22.4 Å². The van der Waals surface area contributed by atoms with E-state index >= 15 is 0 Å². The van der Waals surface area contributed by atoms with Crippen molar-refractivity contribution in [3.63, 3.8) is 0 Å². The molecule has 3 N–H and O–H groups in total. The maximum atomic E-state index is 13.8. The van der Waals surface area contributed by atoms with Crippen LogP contribution >= 0.6 is 0 Å². The van der Waals surface area contributed by atoms with Crippen molar-refractivity contribution in [2.24, 2.45) is 0 Å². The molecule has 9 heteroatoms. The standard InChI is InChI=1S/C30H26F5NO3/c1-16(2)26-25(29(39)28(38)19-4-3-5-20(14-19)30(33,34)35)24(17-6-10-21(31)11-7-17)23(15-37)27(36-26)18-8-12-22(32)13-9-18/h3-14,16,28-29,37-39H,15H2,1-2H3. The van der Waals surface area contributed by atoms with Crippen molar-refractivity contribution in [1.82, 2.24) is 4.98 Å². The summed E-state index contributed by atoms with van der Waals surface area (Å²) in [5.74, 6) is -1.38. The molecule has 39 heavy (non-hydrogen) atoms. The SMILES string of the molecule is CC(C)c1nc(-c2ccc(F)cc2)c(CO)c(-c2ccc(F)cc2)c1C(O)C(O)c1cccc(C(F)(F)F)c1. The zero-order valence-electron chi connectivity index (χ0n) is 21.0. The van der Waals surface area contributed by atoms with Gasteiger partial charge in [-0.1, -0.05) is 38.1 Å². The summed E-state index contributed by atoms with van der Waals surface area (Å²) in [5, 5.41) is 33.1. The van der Waals surface area contributed by atoms with Gasteiger partial charge in [0.15, 0.2) is 0 Å². The summed E-state index contributed by atoms with van der Waals surface area (Å²) in [5.41, 5.74) is 0.784. The maximum Gasteiger partial charge on any atom is 0.416 e. The number of aliphatic hydroxyl groups excluding tert-OH is 3. The first kappa shape index (κ1) is 28.4. The van der Waals surface area contributed by atoms with Crippen LogP contribution in [0.2, 0.25) is 0 Å². The predicted molar refractivity (Wildman–Crippen MR) is 136 cm³/mol. The molecule has 0 aliphatic rings. The lowest BCUT2D eigenvalue weighted by Gasteiger charge is -2.28. The predicted octanol–water partition coefficient (Wildman–Crippen LogP) is 7.10. The van der Waals surface area contributed by atoms with Gasteiger partial charge in [0.1, 0.15) is 23.8 Å². The summed E-state index contributed by atoms with van der Waals surface area (Å²) in [6, 6.07) is 14.6. The lowest BCUT2D eigenvalue weighted by atomic mass is 9.83. The topological polar surface area (TPSA) is 73.6 Å². The van der Waals surface area contributed by atoms with Crippen LogP contribution in [0.3, 0.4) is 0 Å². The van der Waals surface area contributed by atoms with Crippen molar-refractivity contribution in [1.29, 1.82) is 0 Å². The van der Waals surface area contributed by atoms with E-state index in [-0.39, 0.29) is 33.9 Å². The minimum atomic E-state index is -4.66. The number of halogens is 5. The Balaban J connectivity index is 2.01. The second kappa shape index (κ2) is 11.2. The summed E-state index contributed by atoms with van der Waals surface area (Å²) in [6.45, 7) is 2.96. The van der Waals surface area contributed by atoms with E-state index in [1.165, 1.54) is 54.6 Å². The molecular formula is C30H26F5NO3. The number of hydrogen-bond acceptors (Lipinski definition) is 4. The van der Waals surface area contributed by atoms with Crippen LogP contribution in [0, 0.1) is 11.6 Å². The van der Waals surface area contributed by atoms with Crippen LogP contribution in [-0.4, -0.2) is 20.3 Å². The zero-order valence-corrected chi connectivity index (χ0v) is 21.0. The van der Waals surface area contributed by atoms with Gasteiger partial charge in [0.2, 0.25) is 0 Å². The molecular weight excluding hydrogens is 517 g/mol. The quantitative estimate of drug-likeness (QED) is 0.218. The van der Waals surface area contributed by atoms with Gasteiger partial charge < -0.3 is 15.3 Å². The van der Waals surface area contributed by atoms with Crippen molar-refractivity contribution >= 4 is 0 Å². The second-order valence-electron chi connectivity index (χ2n) is 9.45. The van der Waals surface area contributed by atoms with Crippen LogP contribution in [0.15, 0.2) is 72.8 Å². The molecule has 1 aromatic heterocycles. The van der Waals surface area contributed by atoms with Gasteiger partial charge in [0.25, 0.3) is 0 Å². The number of nitrogens with zero attached hydrogens (tertiary/aromatic N) is 1. The van der Waals surface area contributed by atoms with E-state index in [4.69, 9.17) is 4.98 Å². The van der Waals surface area contributed by atoms with E-state index in [0.717, 1.165) is 18.2 Å². The molecule has 4 nitrogen and oxygen atoms in total. The second-order valence-corrected chi connectivity index (χ2v) is 9.45. The Labute approximate surface area is 222 Å². The molecule has 0 saturated heterocycles. The van der Waals surface area contributed by atoms with Crippen LogP contribution in [0.1, 0.15) is 59.9 Å². The molecule has 4 rings (SSSR count). The molecule has 0 fully saturated rings. The van der Waals surface area contributed by atoms with Crippen LogP contribution in [-0.2, 0) is 12.8 Å². The van der Waals surface area contributed by atoms with Crippen LogP contribution in [0.5, 0.6) is 0 Å². The highest BCUT2D eigenvalue weighted by Crippen LogP contribution is 2.44. The Kier molecular flexibility index (Phi) is 8.15. The molecule has 3 aromatic carbocycles. The Morgan fingerprint density at radius 2 is 1.36 bits per heavy atom. The number of rotatable bonds is 7. The van der Waals surface area contributed by atoms with Crippen molar-refractivity contribution < 1.29 is 37.3 Å². The van der Waals surface area contributed by atoms with Crippen molar-refractivity contribution in [2.75, 3.05) is 0 Å². The number of hydrogen-bond donors (Lipinski definition) is 3. The fourth-order valence-electron chi connectivity index (χ4n) is 4.58. The Bertz CT molecular complexity index is 1450. The fourth-order valence-corrected chi connectivity index (χ4v) is 4.58. The van der Waals surface area contributed by atoms with Gasteiger partial charge in [0.05, 0.1) is 23.6 Å². The highest BCUT2D eigenvalue weighted by atomic mass is 19.4. The van der Waals surface area contributed by atoms with Gasteiger partial charge in [-0.15, -0.1) is 0 Å². The number of alkyl halides is 3. The van der Waals surface area contributed by atoms with Gasteiger partial charge in [-0.25, -0.2) is 8.78 Å². The van der Waals surface area contributed by atoms with Gasteiger partial charge in [-0.2, -0.15) is 13.2 Å². The molecule has 0 aliphatic carbocycles. The average molecular weight is 544 g/mol. The van der Waals surface area contributed by atoms with E-state index in [9.17, 15) is 37.3 Å². The summed E-state index contributed by atoms with van der Waals surface area (Å²) in [4.78, 5) is 4.69. The number of benzene rings is 3. The third kappa shape index (κ3) is 5.85. The zero-order chi connectivity index (χ0) is 28.5. The van der Waals surface area contributed by atoms with Crippen LogP contribution < -0.4 is 0 Å². The smallest absolute Gasteiger partial charge is 0.392 e. The lowest BCUT2D eigenvalue weighted by molar-refractivity contribution is -0.137. The Hall–Kier alpha value is -3.66. The molecule has 4 aromatic rings. The van der Waals surface area contributed by atoms with Gasteiger partial charge in [0, 0.05) is 16.7 Å². The number of aliphatic hydroxyl groups is 3. The van der Waals surface area contributed by atoms with Crippen molar-refractivity contribution in [3.05, 3.63) is 112 Å². The highest BCUT2D eigenvalue weighted by molar-refractivity contribution is 5.80. The third-order valence-electron chi connectivity index (χ3n) is 6.47. The third-order valence-corrected chi connectivity index (χ3v) is 6.47. The summed E-state index contributed by atoms with van der Waals surface area (Å²) >= 11 is 0. The van der Waals surface area contributed by atoms with Gasteiger partial charge >= 0.3 is 6.18 Å². The highest BCUT2D eigenvalue weighted by Gasteiger charge is 2.34. The van der Waals surface area contributed by atoms with Crippen molar-refractivity contribution in [2.45, 2.75) is 44.8 Å². The van der Waals surface area contributed by atoms with E-state index < -0.39 is 42.2 Å². The molecule has 2 unspecified atom stereocenters. The normalized spacial score (nSPS) is 13.5. The minimum absolute atomic E-state index is 0.0800. The Morgan fingerprint density at radius 1 is 0.795 bits per heavy atom. The first-order valence-electron chi connectivity index (χ1n) is 12.1. The summed E-state index contributed by atoms with van der Waals surface area (Å²) in [7, 11) is 0. The summed E-state index contributed by atoms with van der Waals surface area (Å²) in [6.07, 6.45) is -8.23. The first-order valence-corrected chi connectivity index (χ1v) is 12.1. The average Bonchev–Trinajstić information content (AvgIpc) is 2.91. The molecule has 0 saturated carbocycles. The summed E-state index contributed by atoms with van der Waals surface area (Å²) < 4.78 is 67.5. The molecule has 0 radical (unpaired) electrons. The molecule has 0 aliphatic heterocycles. The monoisotopic (exact) mass is 543 g/mol. The molecule has 0 bridgehead atoms. The molecule has 1 heterocycles. The molecule has 0 spiro atoms. The maximum absolute atomic E-state index is 13.8. The number of pyridine rings is 1. The molecule has 2 atom stereocenters. The molecule has 0 amide bonds. The van der Waals surface area contributed by atoms with Crippen LogP contribution in [0.4, 0.5) is 22.0 Å². The Morgan fingerprint density at radius 3 is 1.87 bits per heavy atom. The van der Waals surface area contributed by atoms with E-state index in [1.54, 1.807) is 13.8 Å². The first-order chi connectivity index (χ1) is 18.4. The number of aromatic nitrogens is 1. The van der Waals surface area contributed by atoms with E-state index in [0.29, 0.717) is 16.8 Å². The van der Waals surface area contributed by atoms with E-state index in [1.807, 2.05) is 0 Å². The van der Waals surface area contributed by atoms with Gasteiger partial charge in [-0.05, 0) is 71.1 Å². The largest absolute Gasteiger partial charge is 0.416 e. The minimum Gasteiger partial charge on any atom is -0.392 e. The lowest BCUT2D eigenvalue weighted by Crippen LogP contribution is -2.18. The van der Waals surface area contributed by atoms with Gasteiger partial charge in [-0.3, -0.25) is 4.98 Å². The molecule has 204 valence electrons.